The number of methoxy groups -OCH3 is 1. The first-order chi connectivity index (χ1) is 20.6. The molecular formula is C29H35Cl2FN4O5S2. The first kappa shape index (κ1) is 34.8. The number of aryl methyl sites for hydroxylation is 2. The van der Waals surface area contributed by atoms with Crippen LogP contribution in [0.2, 0.25) is 5.02 Å². The van der Waals surface area contributed by atoms with Crippen LogP contribution in [0.3, 0.4) is 0 Å². The van der Waals surface area contributed by atoms with Crippen molar-refractivity contribution in [3.8, 4) is 0 Å². The average Bonchev–Trinajstić information content (AvgIpc) is 3.33. The number of hydrogen-bond acceptors (Lipinski definition) is 8. The van der Waals surface area contributed by atoms with Gasteiger partial charge in [-0.3, -0.25) is 24.0 Å². The number of rotatable bonds is 10. The number of alkyl halides is 1. The minimum Gasteiger partial charge on any atom is -0.468 e. The molecule has 1 aromatic heterocycles. The molecule has 0 spiro atoms. The monoisotopic (exact) mass is 672 g/mol. The van der Waals surface area contributed by atoms with E-state index in [-0.39, 0.29) is 39.9 Å². The molecule has 234 valence electrons. The van der Waals surface area contributed by atoms with Crippen LogP contribution in [0, 0.1) is 12.7 Å². The van der Waals surface area contributed by atoms with E-state index in [0.29, 0.717) is 29.4 Å². The van der Waals surface area contributed by atoms with Gasteiger partial charge in [-0.25, -0.2) is 14.1 Å². The van der Waals surface area contributed by atoms with Gasteiger partial charge in [-0.1, -0.05) is 36.7 Å². The maximum Gasteiger partial charge on any atom is 0.325 e. The molecule has 0 fully saturated rings. The Morgan fingerprint density at radius 1 is 1.19 bits per heavy atom. The Hall–Kier alpha value is -2.64. The first-order valence-corrected chi connectivity index (χ1v) is 16.4. The van der Waals surface area contributed by atoms with Crippen molar-refractivity contribution in [2.75, 3.05) is 37.0 Å². The second-order valence-corrected chi connectivity index (χ2v) is 11.9. The molecule has 14 heteroatoms. The van der Waals surface area contributed by atoms with Crippen LogP contribution in [0.4, 0.5) is 15.8 Å². The van der Waals surface area contributed by atoms with Crippen LogP contribution in [-0.4, -0.2) is 53.3 Å². The minimum atomic E-state index is -0.580. The Kier molecular flexibility index (Phi) is 13.8. The van der Waals surface area contributed by atoms with Crippen LogP contribution in [0.1, 0.15) is 37.8 Å². The molecule has 2 aromatic carbocycles. The summed E-state index contributed by atoms with van der Waals surface area (Å²) in [5, 5.41) is 0.199. The van der Waals surface area contributed by atoms with Gasteiger partial charge in [0.05, 0.1) is 23.6 Å². The van der Waals surface area contributed by atoms with Crippen LogP contribution in [0.25, 0.3) is 0 Å². The van der Waals surface area contributed by atoms with Gasteiger partial charge >= 0.3 is 10.8 Å². The van der Waals surface area contributed by atoms with Gasteiger partial charge in [0.1, 0.15) is 24.1 Å². The van der Waals surface area contributed by atoms with E-state index in [1.807, 2.05) is 32.0 Å². The molecule has 0 atom stereocenters. The second kappa shape index (κ2) is 17.0. The fraction of sp³-hybridized carbons (Fsp3) is 0.448. The molecule has 0 unspecified atom stereocenters. The van der Waals surface area contributed by atoms with Crippen molar-refractivity contribution in [2.45, 2.75) is 58.0 Å². The number of anilines is 1. The molecule has 3 aromatic rings. The molecule has 1 aliphatic rings. The normalized spacial score (nSPS) is 12.8. The van der Waals surface area contributed by atoms with Crippen molar-refractivity contribution in [3.05, 3.63) is 66.8 Å². The molecule has 0 N–H and O–H groups in total. The molecule has 4 rings (SSSR count). The summed E-state index contributed by atoms with van der Waals surface area (Å²) in [6.45, 7) is 8.11. The lowest BCUT2D eigenvalue weighted by Gasteiger charge is -2.25. The number of ether oxygens (including phenoxy) is 2. The van der Waals surface area contributed by atoms with E-state index >= 15 is 0 Å². The lowest BCUT2D eigenvalue weighted by Crippen LogP contribution is -2.35. The molecule has 1 amide bonds. The highest BCUT2D eigenvalue weighted by atomic mass is 35.5. The predicted molar refractivity (Wildman–Crippen MR) is 170 cm³/mol. The molecule has 1 aliphatic heterocycles. The minimum absolute atomic E-state index is 0.0371. The summed E-state index contributed by atoms with van der Waals surface area (Å²) in [5.41, 5.74) is 3.21. The van der Waals surface area contributed by atoms with Crippen LogP contribution in [0.5, 0.6) is 0 Å². The maximum absolute atomic E-state index is 14.3. The van der Waals surface area contributed by atoms with Crippen LogP contribution in [0.15, 0.2) is 45.0 Å². The van der Waals surface area contributed by atoms with Gasteiger partial charge in [0.25, 0.3) is 0 Å². The summed E-state index contributed by atoms with van der Waals surface area (Å²) in [5.74, 6) is -1.09. The largest absolute Gasteiger partial charge is 0.468 e. The lowest BCUT2D eigenvalue weighted by molar-refractivity contribution is -0.137. The van der Waals surface area contributed by atoms with Gasteiger partial charge in [0.2, 0.25) is 10.7 Å². The Balaban J connectivity index is 0.000000250. The van der Waals surface area contributed by atoms with Crippen molar-refractivity contribution in [1.29, 1.82) is 0 Å². The molecule has 0 saturated carbocycles. The fourth-order valence-corrected chi connectivity index (χ4v) is 6.47. The molecule has 2 heterocycles. The van der Waals surface area contributed by atoms with Crippen molar-refractivity contribution in [1.82, 2.24) is 9.36 Å². The molecule has 0 radical (unpaired) electrons. The van der Waals surface area contributed by atoms with Crippen molar-refractivity contribution < 1.29 is 23.5 Å². The topological polar surface area (TPSA) is 95.1 Å². The molecule has 0 aliphatic carbocycles. The number of thioether (sulfide) groups is 1. The number of hydrogen-bond donors (Lipinski definition) is 0. The van der Waals surface area contributed by atoms with Gasteiger partial charge in [-0.2, -0.15) is 0 Å². The van der Waals surface area contributed by atoms with Crippen molar-refractivity contribution >= 4 is 69.6 Å². The van der Waals surface area contributed by atoms with E-state index in [1.165, 1.54) is 13.2 Å². The quantitative estimate of drug-likeness (QED) is 0.115. The summed E-state index contributed by atoms with van der Waals surface area (Å²) in [4.78, 5) is 42.1. The average molecular weight is 674 g/mol. The number of carbonyl (C=O) groups excluding carboxylic acids is 2. The number of nitrogens with zero attached hydrogens (tertiary/aromatic N) is 4. The summed E-state index contributed by atoms with van der Waals surface area (Å²) in [7, 11) is 1.30. The van der Waals surface area contributed by atoms with Crippen LogP contribution < -0.4 is 14.6 Å². The Bertz CT molecular complexity index is 1560. The first-order valence-electron chi connectivity index (χ1n) is 13.7. The van der Waals surface area contributed by atoms with Gasteiger partial charge in [0, 0.05) is 24.6 Å². The smallest absolute Gasteiger partial charge is 0.325 e. The third-order valence-corrected chi connectivity index (χ3v) is 9.05. The lowest BCUT2D eigenvalue weighted by atomic mass is 10.0. The van der Waals surface area contributed by atoms with Gasteiger partial charge in [0.15, 0.2) is 0 Å². The van der Waals surface area contributed by atoms with Gasteiger partial charge < -0.3 is 9.47 Å². The van der Waals surface area contributed by atoms with Gasteiger partial charge in [-0.05, 0) is 67.7 Å². The SMILES string of the molecule is CCOCN(C(=O)CCl)c1c(C)cccc1CC.COC(=O)CSc1cc(N=c2sc(=O)n3n2CCCC3)c(F)cc1Cl. The Morgan fingerprint density at radius 3 is 2.56 bits per heavy atom. The van der Waals surface area contributed by atoms with E-state index in [4.69, 9.17) is 27.9 Å². The Labute approximate surface area is 268 Å². The fourth-order valence-electron chi connectivity index (χ4n) is 4.34. The Morgan fingerprint density at radius 2 is 1.91 bits per heavy atom. The summed E-state index contributed by atoms with van der Waals surface area (Å²) in [6.07, 6.45) is 2.77. The van der Waals surface area contributed by atoms with E-state index in [9.17, 15) is 18.8 Å². The number of carbonyl (C=O) groups is 2. The molecule has 0 saturated heterocycles. The highest BCUT2D eigenvalue weighted by Crippen LogP contribution is 2.33. The summed E-state index contributed by atoms with van der Waals surface area (Å²) in [6, 6.07) is 8.67. The molecular weight excluding hydrogens is 638 g/mol. The van der Waals surface area contributed by atoms with Crippen LogP contribution in [-0.2, 0) is 38.6 Å². The number of amides is 1. The molecule has 0 bridgehead atoms. The number of esters is 1. The zero-order valence-corrected chi connectivity index (χ0v) is 27.7. The highest BCUT2D eigenvalue weighted by molar-refractivity contribution is 8.00. The zero-order valence-electron chi connectivity index (χ0n) is 24.5. The summed E-state index contributed by atoms with van der Waals surface area (Å²) < 4.78 is 27.6. The number of benzene rings is 2. The van der Waals surface area contributed by atoms with Crippen LogP contribution >= 0.6 is 46.3 Å². The molecule has 9 nitrogen and oxygen atoms in total. The van der Waals surface area contributed by atoms with Crippen molar-refractivity contribution in [2.24, 2.45) is 4.99 Å². The van der Waals surface area contributed by atoms with Crippen molar-refractivity contribution in [3.63, 3.8) is 0 Å². The zero-order chi connectivity index (χ0) is 31.5. The maximum atomic E-state index is 14.3. The van der Waals surface area contributed by atoms with E-state index < -0.39 is 11.8 Å². The summed E-state index contributed by atoms with van der Waals surface area (Å²) >= 11 is 13.8. The third kappa shape index (κ3) is 9.18. The molecule has 43 heavy (non-hydrogen) atoms. The van der Waals surface area contributed by atoms with E-state index in [0.717, 1.165) is 65.2 Å². The standard InChI is InChI=1S/C15H15ClFN3O3S2.C14H20ClNO2/c1-23-13(21)8-24-12-7-11(10(17)6-9(12)16)18-14-19-4-2-3-5-20(19)15(22)25-14;1-4-12-8-6-7-11(3)14(12)16(10-18-5-2)13(17)9-15/h6-7H,2-5,8H2,1H3;6-8H,4-5,9-10H2,1-3H3. The highest BCUT2D eigenvalue weighted by Gasteiger charge is 2.19. The number of halogens is 3. The third-order valence-electron chi connectivity index (χ3n) is 6.49. The number of para-hydroxylation sites is 1. The second-order valence-electron chi connectivity index (χ2n) is 9.33. The number of aromatic nitrogens is 2. The van der Waals surface area contributed by atoms with E-state index in [2.05, 4.69) is 16.7 Å². The number of fused-ring (bicyclic) bond motifs is 1. The predicted octanol–water partition coefficient (Wildman–Crippen LogP) is 5.92. The van der Waals surface area contributed by atoms with E-state index in [1.54, 1.807) is 14.3 Å². The van der Waals surface area contributed by atoms with Gasteiger partial charge in [-0.15, -0.1) is 23.4 Å².